The monoisotopic (exact) mass is 362 g/mol. The Morgan fingerprint density at radius 1 is 1.32 bits per heavy atom. The number of carbonyl (C=O) groups is 2. The average molecular weight is 363 g/mol. The molecule has 1 fully saturated rings. The summed E-state index contributed by atoms with van der Waals surface area (Å²) in [5.74, 6) is -0.264. The van der Waals surface area contributed by atoms with E-state index in [1.807, 2.05) is 31.2 Å². The van der Waals surface area contributed by atoms with Gasteiger partial charge in [-0.05, 0) is 42.8 Å². The third-order valence-electron chi connectivity index (χ3n) is 5.31. The van der Waals surface area contributed by atoms with E-state index in [1.165, 1.54) is 0 Å². The van der Waals surface area contributed by atoms with Crippen LogP contribution in [0.15, 0.2) is 24.3 Å². The van der Waals surface area contributed by atoms with Gasteiger partial charge in [-0.25, -0.2) is 0 Å². The van der Waals surface area contributed by atoms with E-state index in [9.17, 15) is 9.59 Å². The van der Waals surface area contributed by atoms with Crippen molar-refractivity contribution in [3.8, 4) is 0 Å². The van der Waals surface area contributed by atoms with Gasteiger partial charge in [-0.2, -0.15) is 0 Å². The highest BCUT2D eigenvalue weighted by atomic mass is 28.4. The average Bonchev–Trinajstić information content (AvgIpc) is 2.84. The molecule has 1 N–H and O–H groups in total. The minimum Gasteiger partial charge on any atom is -0.411 e. The van der Waals surface area contributed by atoms with Gasteiger partial charge in [0.2, 0.25) is 5.91 Å². The lowest BCUT2D eigenvalue weighted by Crippen LogP contribution is -2.52. The maximum atomic E-state index is 13.0. The second kappa shape index (κ2) is 6.92. The lowest BCUT2D eigenvalue weighted by molar-refractivity contribution is -0.124. The van der Waals surface area contributed by atoms with Crippen molar-refractivity contribution in [3.05, 3.63) is 29.8 Å². The summed E-state index contributed by atoms with van der Waals surface area (Å²) in [5, 5.41) is 2.83. The first-order chi connectivity index (χ1) is 11.4. The van der Waals surface area contributed by atoms with E-state index in [2.05, 4.69) is 39.2 Å². The van der Waals surface area contributed by atoms with Gasteiger partial charge < -0.3 is 14.6 Å². The lowest BCUT2D eigenvalue weighted by Gasteiger charge is -2.39. The van der Waals surface area contributed by atoms with Crippen molar-refractivity contribution in [2.75, 3.05) is 11.9 Å². The zero-order valence-corrected chi connectivity index (χ0v) is 17.3. The van der Waals surface area contributed by atoms with Gasteiger partial charge in [0.15, 0.2) is 8.32 Å². The van der Waals surface area contributed by atoms with Gasteiger partial charge in [-0.15, -0.1) is 0 Å². The third-order valence-corrected chi connectivity index (χ3v) is 9.82. The fourth-order valence-electron chi connectivity index (χ4n) is 2.68. The molecule has 0 bridgehead atoms. The summed E-state index contributed by atoms with van der Waals surface area (Å²) >= 11 is 0. The molecule has 0 unspecified atom stereocenters. The minimum atomic E-state index is -2.07. The van der Waals surface area contributed by atoms with E-state index in [-0.39, 0.29) is 23.3 Å². The molecule has 6 heteroatoms. The van der Waals surface area contributed by atoms with Gasteiger partial charge in [0, 0.05) is 12.7 Å². The Balaban J connectivity index is 2.20. The van der Waals surface area contributed by atoms with Crippen molar-refractivity contribution >= 4 is 25.8 Å². The molecule has 1 aliphatic heterocycles. The highest BCUT2D eigenvalue weighted by Gasteiger charge is 2.46. The highest BCUT2D eigenvalue weighted by Crippen LogP contribution is 2.38. The Hall–Kier alpha value is -1.66. The first-order valence-corrected chi connectivity index (χ1v) is 11.6. The van der Waals surface area contributed by atoms with E-state index >= 15 is 0 Å². The van der Waals surface area contributed by atoms with Crippen molar-refractivity contribution in [3.63, 3.8) is 0 Å². The lowest BCUT2D eigenvalue weighted by atomic mass is 10.1. The molecule has 0 aliphatic carbocycles. The Labute approximate surface area is 151 Å². The van der Waals surface area contributed by atoms with Crippen LogP contribution >= 0.6 is 0 Å². The molecule has 1 saturated heterocycles. The number of benzene rings is 1. The summed E-state index contributed by atoms with van der Waals surface area (Å²) in [6.07, 6.45) is -0.168. The quantitative estimate of drug-likeness (QED) is 0.837. The number of hydrogen-bond donors (Lipinski definition) is 1. The fraction of sp³-hybridized carbons (Fsp3) is 0.579. The van der Waals surface area contributed by atoms with Crippen LogP contribution in [0.25, 0.3) is 0 Å². The predicted octanol–water partition coefficient (Wildman–Crippen LogP) is 3.24. The van der Waals surface area contributed by atoms with Crippen LogP contribution in [0.1, 0.15) is 32.8 Å². The number of likely N-dealkylation sites (N-methyl/N-ethyl adjacent to an activating group) is 1. The first kappa shape index (κ1) is 19.7. The first-order valence-electron chi connectivity index (χ1n) is 8.74. The van der Waals surface area contributed by atoms with E-state index in [1.54, 1.807) is 11.9 Å². The number of nitrogens with zero attached hydrogens (tertiary/aromatic N) is 1. The van der Waals surface area contributed by atoms with Crippen LogP contribution < -0.4 is 10.2 Å². The normalized spacial score (nSPS) is 21.2. The molecule has 2 rings (SSSR count). The van der Waals surface area contributed by atoms with E-state index in [0.717, 1.165) is 11.3 Å². The molecular weight excluding hydrogens is 332 g/mol. The molecule has 1 aliphatic rings. The van der Waals surface area contributed by atoms with Gasteiger partial charge in [-0.1, -0.05) is 32.9 Å². The van der Waals surface area contributed by atoms with Gasteiger partial charge >= 0.3 is 0 Å². The molecule has 1 aromatic carbocycles. The summed E-state index contributed by atoms with van der Waals surface area (Å²) < 4.78 is 6.39. The Morgan fingerprint density at radius 3 is 2.52 bits per heavy atom. The molecule has 0 saturated carbocycles. The Kier molecular flexibility index (Phi) is 5.44. The van der Waals surface area contributed by atoms with Crippen LogP contribution in [0.5, 0.6) is 0 Å². The van der Waals surface area contributed by atoms with Crippen LogP contribution in [0.3, 0.4) is 0 Å². The van der Waals surface area contributed by atoms with Crippen LogP contribution in [-0.2, 0) is 14.0 Å². The van der Waals surface area contributed by atoms with Crippen LogP contribution in [-0.4, -0.2) is 39.3 Å². The molecule has 0 spiro atoms. The van der Waals surface area contributed by atoms with Crippen molar-refractivity contribution in [1.82, 2.24) is 5.32 Å². The van der Waals surface area contributed by atoms with Crippen molar-refractivity contribution < 1.29 is 14.0 Å². The summed E-state index contributed by atoms with van der Waals surface area (Å²) in [5.41, 5.74) is 1.90. The molecular formula is C19H30N2O3Si. The van der Waals surface area contributed by atoms with Crippen molar-refractivity contribution in [2.45, 2.75) is 64.4 Å². The fourth-order valence-corrected chi connectivity index (χ4v) is 4.01. The molecule has 138 valence electrons. The SMILES string of the molecule is Cc1cccc(N(C)C(=O)[C@H]2NC(=O)C[C@@H]2O[Si](C)(C)C(C)(C)C)c1. The maximum absolute atomic E-state index is 13.0. The predicted molar refractivity (Wildman–Crippen MR) is 103 cm³/mol. The Bertz CT molecular complexity index is 667. The number of amides is 2. The molecule has 25 heavy (non-hydrogen) atoms. The zero-order valence-electron chi connectivity index (χ0n) is 16.3. The molecule has 2 atom stereocenters. The second-order valence-electron chi connectivity index (χ2n) is 8.40. The number of rotatable bonds is 4. The molecule has 1 heterocycles. The van der Waals surface area contributed by atoms with E-state index in [0.29, 0.717) is 0 Å². The van der Waals surface area contributed by atoms with Gasteiger partial charge in [-0.3, -0.25) is 9.59 Å². The summed E-state index contributed by atoms with van der Waals surface area (Å²) in [4.78, 5) is 26.6. The highest BCUT2D eigenvalue weighted by molar-refractivity contribution is 6.74. The van der Waals surface area contributed by atoms with Gasteiger partial charge in [0.1, 0.15) is 6.04 Å². The molecule has 0 radical (unpaired) electrons. The topological polar surface area (TPSA) is 58.6 Å². The Morgan fingerprint density at radius 2 is 1.96 bits per heavy atom. The number of hydrogen-bond acceptors (Lipinski definition) is 3. The van der Waals surface area contributed by atoms with Crippen molar-refractivity contribution in [1.29, 1.82) is 0 Å². The largest absolute Gasteiger partial charge is 0.411 e. The van der Waals surface area contributed by atoms with Gasteiger partial charge in [0.25, 0.3) is 5.91 Å². The standard InChI is InChI=1S/C19H30N2O3Si/c1-13-9-8-10-14(11-13)21(5)18(23)17-15(12-16(22)20-17)24-25(6,7)19(2,3)4/h8-11,15,17H,12H2,1-7H3,(H,20,22)/t15-,17-/m0/s1. The summed E-state index contributed by atoms with van der Waals surface area (Å²) in [6.45, 7) is 12.7. The van der Waals surface area contributed by atoms with Crippen molar-refractivity contribution in [2.24, 2.45) is 0 Å². The molecule has 2 amide bonds. The van der Waals surface area contributed by atoms with E-state index < -0.39 is 20.5 Å². The maximum Gasteiger partial charge on any atom is 0.251 e. The van der Waals surface area contributed by atoms with Gasteiger partial charge in [0.05, 0.1) is 12.5 Å². The zero-order chi connectivity index (χ0) is 19.0. The molecule has 0 aromatic heterocycles. The summed E-state index contributed by atoms with van der Waals surface area (Å²) in [7, 11) is -0.332. The third kappa shape index (κ3) is 4.30. The van der Waals surface area contributed by atoms with Crippen LogP contribution in [0.4, 0.5) is 5.69 Å². The number of nitrogens with one attached hydrogen (secondary N) is 1. The smallest absolute Gasteiger partial charge is 0.251 e. The molecule has 1 aromatic rings. The number of carbonyl (C=O) groups excluding carboxylic acids is 2. The second-order valence-corrected chi connectivity index (χ2v) is 13.2. The van der Waals surface area contributed by atoms with E-state index in [4.69, 9.17) is 4.43 Å². The molecule has 5 nitrogen and oxygen atoms in total. The summed E-state index contributed by atoms with van der Waals surface area (Å²) in [6, 6.07) is 7.13. The minimum absolute atomic E-state index is 0.0225. The number of aryl methyl sites for hydroxylation is 1. The van der Waals surface area contributed by atoms with Crippen LogP contribution in [0.2, 0.25) is 18.1 Å². The number of anilines is 1. The van der Waals surface area contributed by atoms with Crippen LogP contribution in [0, 0.1) is 6.92 Å².